The summed E-state index contributed by atoms with van der Waals surface area (Å²) in [5.74, 6) is -0.444. The average molecular weight is 488 g/mol. The van der Waals surface area contributed by atoms with Crippen molar-refractivity contribution in [1.82, 2.24) is 10.8 Å². The topological polar surface area (TPSA) is 72.0 Å². The van der Waals surface area contributed by atoms with Crippen LogP contribution in [0.5, 0.6) is 0 Å². The fourth-order valence-electron chi connectivity index (χ4n) is 3.11. The number of amides is 1. The van der Waals surface area contributed by atoms with Crippen LogP contribution in [-0.2, 0) is 15.3 Å². The van der Waals surface area contributed by atoms with Crippen molar-refractivity contribution in [3.05, 3.63) is 74.8 Å². The molecule has 2 aromatic rings. The van der Waals surface area contributed by atoms with Crippen molar-refractivity contribution in [2.75, 3.05) is 6.61 Å². The molecule has 1 atom stereocenters. The Kier molecular flexibility index (Phi) is 7.02. The molecule has 0 fully saturated rings. The first kappa shape index (κ1) is 23.9. The Morgan fingerprint density at radius 3 is 2.53 bits per heavy atom. The maximum atomic E-state index is 14.1. The maximum Gasteiger partial charge on any atom is 0.428 e. The van der Waals surface area contributed by atoms with Gasteiger partial charge in [-0.2, -0.15) is 13.2 Å². The number of benzene rings is 2. The minimum Gasteiger partial charge on any atom is -0.395 e. The molecule has 1 aliphatic heterocycles. The van der Waals surface area contributed by atoms with Crippen molar-refractivity contribution < 1.29 is 27.6 Å². The highest BCUT2D eigenvalue weighted by molar-refractivity contribution is 6.34. The molecule has 0 saturated heterocycles. The molecule has 2 N–H and O–H groups in total. The zero-order valence-corrected chi connectivity index (χ0v) is 18.4. The Hall–Kier alpha value is -2.75. The second-order valence-corrected chi connectivity index (χ2v) is 7.68. The van der Waals surface area contributed by atoms with Crippen molar-refractivity contribution in [2.45, 2.75) is 25.6 Å². The molecule has 2 aromatic carbocycles. The average Bonchev–Trinajstić information content (AvgIpc) is 3.17. The number of aryl methyl sites for hydroxylation is 1. The quantitative estimate of drug-likeness (QED) is 0.327. The second kappa shape index (κ2) is 9.40. The van der Waals surface area contributed by atoms with E-state index in [4.69, 9.17) is 32.9 Å². The first-order chi connectivity index (χ1) is 15.1. The number of hydrogen-bond acceptors (Lipinski definition) is 5. The summed E-state index contributed by atoms with van der Waals surface area (Å²) in [5.41, 5.74) is 0.597. The molecule has 1 aliphatic rings. The van der Waals surface area contributed by atoms with Crippen molar-refractivity contribution >= 4 is 41.1 Å². The molecule has 6 nitrogen and oxygen atoms in total. The Bertz CT molecular complexity index is 1070. The van der Waals surface area contributed by atoms with Gasteiger partial charge in [-0.25, -0.2) is 0 Å². The van der Waals surface area contributed by atoms with Crippen LogP contribution < -0.4 is 10.8 Å². The molecule has 11 heteroatoms. The van der Waals surface area contributed by atoms with Crippen LogP contribution in [0.15, 0.2) is 47.6 Å². The Morgan fingerprint density at radius 1 is 1.25 bits per heavy atom. The van der Waals surface area contributed by atoms with Crippen LogP contribution in [-0.4, -0.2) is 25.0 Å². The van der Waals surface area contributed by atoms with Gasteiger partial charge in [0.05, 0.1) is 5.70 Å². The van der Waals surface area contributed by atoms with Gasteiger partial charge in [-0.15, -0.1) is 0 Å². The van der Waals surface area contributed by atoms with Crippen molar-refractivity contribution in [3.63, 3.8) is 0 Å². The fourth-order valence-corrected chi connectivity index (χ4v) is 3.64. The Labute approximate surface area is 191 Å². The lowest BCUT2D eigenvalue weighted by molar-refractivity contribution is -0.269. The number of alkyl halides is 3. The number of nitrogens with zero attached hydrogens (tertiary/aromatic N) is 1. The van der Waals surface area contributed by atoms with Gasteiger partial charge in [-0.05, 0) is 61.4 Å². The van der Waals surface area contributed by atoms with E-state index in [0.717, 1.165) is 24.5 Å². The van der Waals surface area contributed by atoms with Gasteiger partial charge in [0, 0.05) is 21.2 Å². The smallest absolute Gasteiger partial charge is 0.395 e. The van der Waals surface area contributed by atoms with E-state index in [1.807, 2.05) is 0 Å². The summed E-state index contributed by atoms with van der Waals surface area (Å²) >= 11 is 11.8. The van der Waals surface area contributed by atoms with Gasteiger partial charge in [0.2, 0.25) is 5.60 Å². The minimum atomic E-state index is -4.81. The number of halogens is 5. The number of carbonyl (C=O) groups is 1. The molecule has 0 radical (unpaired) electrons. The van der Waals surface area contributed by atoms with Crippen molar-refractivity contribution in [3.8, 4) is 0 Å². The van der Waals surface area contributed by atoms with E-state index in [-0.39, 0.29) is 21.3 Å². The van der Waals surface area contributed by atoms with E-state index in [1.165, 1.54) is 18.2 Å². The van der Waals surface area contributed by atoms with Crippen LogP contribution in [0.4, 0.5) is 13.2 Å². The van der Waals surface area contributed by atoms with E-state index >= 15 is 0 Å². The third-order valence-corrected chi connectivity index (χ3v) is 5.05. The Balaban J connectivity index is 1.94. The van der Waals surface area contributed by atoms with Gasteiger partial charge in [0.25, 0.3) is 5.91 Å². The van der Waals surface area contributed by atoms with E-state index in [9.17, 15) is 18.0 Å². The highest BCUT2D eigenvalue weighted by atomic mass is 35.5. The number of nitrogens with one attached hydrogen (secondary N) is 2. The number of hydroxylamine groups is 1. The number of oxime groups is 1. The van der Waals surface area contributed by atoms with Crippen LogP contribution in [0.2, 0.25) is 10.0 Å². The SMILES string of the molecule is CCON=CNC(=O)c1ccc(C2=CC(c3cc(Cl)cc(Cl)c3)(C(F)(F)F)ON2)cc1C. The third-order valence-electron chi connectivity index (χ3n) is 4.62. The molecule has 32 heavy (non-hydrogen) atoms. The summed E-state index contributed by atoms with van der Waals surface area (Å²) in [4.78, 5) is 22.1. The van der Waals surface area contributed by atoms with Gasteiger partial charge < -0.3 is 10.2 Å². The van der Waals surface area contributed by atoms with Crippen LogP contribution in [0.25, 0.3) is 5.70 Å². The highest BCUT2D eigenvalue weighted by Gasteiger charge is 2.59. The molecule has 170 valence electrons. The van der Waals surface area contributed by atoms with Gasteiger partial charge >= 0.3 is 6.18 Å². The predicted molar refractivity (Wildman–Crippen MR) is 115 cm³/mol. The maximum absolute atomic E-state index is 14.1. The van der Waals surface area contributed by atoms with E-state index in [0.29, 0.717) is 23.3 Å². The summed E-state index contributed by atoms with van der Waals surface area (Å²) < 4.78 is 42.3. The van der Waals surface area contributed by atoms with E-state index in [2.05, 4.69) is 16.0 Å². The molecule has 0 bridgehead atoms. The first-order valence-corrected chi connectivity index (χ1v) is 10.1. The summed E-state index contributed by atoms with van der Waals surface area (Å²) in [6.07, 6.45) is -2.79. The predicted octanol–water partition coefficient (Wildman–Crippen LogP) is 5.34. The molecule has 1 amide bonds. The zero-order valence-electron chi connectivity index (χ0n) is 16.9. The largest absolute Gasteiger partial charge is 0.428 e. The molecule has 0 aromatic heterocycles. The molecular weight excluding hydrogens is 470 g/mol. The third kappa shape index (κ3) is 4.85. The molecule has 0 spiro atoms. The van der Waals surface area contributed by atoms with Crippen molar-refractivity contribution in [2.24, 2.45) is 5.16 Å². The minimum absolute atomic E-state index is 0.0423. The standard InChI is InChI=1S/C21H18Cl2F3N3O3/c1-3-31-28-11-27-19(30)17-5-4-13(6-12(17)2)18-10-20(32-29-18,21(24,25)26)14-7-15(22)9-16(23)8-14/h4-11,29H,3H2,1-2H3,(H,27,28,30). The van der Waals surface area contributed by atoms with Gasteiger partial charge in [0.15, 0.2) is 0 Å². The van der Waals surface area contributed by atoms with E-state index in [1.54, 1.807) is 19.9 Å². The lowest BCUT2D eigenvalue weighted by atomic mass is 9.91. The normalized spacial score (nSPS) is 18.4. The summed E-state index contributed by atoms with van der Waals surface area (Å²) in [6, 6.07) is 8.17. The molecule has 1 unspecified atom stereocenters. The van der Waals surface area contributed by atoms with Crippen LogP contribution in [0.1, 0.15) is 34.0 Å². The summed E-state index contributed by atoms with van der Waals surface area (Å²) in [5, 5.41) is 6.06. The van der Waals surface area contributed by atoms with Crippen LogP contribution >= 0.6 is 23.2 Å². The molecule has 1 heterocycles. The lowest BCUT2D eigenvalue weighted by Gasteiger charge is -2.28. The molecule has 3 rings (SSSR count). The van der Waals surface area contributed by atoms with Gasteiger partial charge in [-0.1, -0.05) is 34.4 Å². The number of hydrogen-bond donors (Lipinski definition) is 2. The highest BCUT2D eigenvalue weighted by Crippen LogP contribution is 2.48. The number of rotatable bonds is 6. The molecule has 0 saturated carbocycles. The summed E-state index contributed by atoms with van der Waals surface area (Å²) in [7, 11) is 0. The van der Waals surface area contributed by atoms with Crippen LogP contribution in [0, 0.1) is 6.92 Å². The van der Waals surface area contributed by atoms with Crippen molar-refractivity contribution in [1.29, 1.82) is 0 Å². The molecular formula is C21H18Cl2F3N3O3. The number of carbonyl (C=O) groups excluding carboxylic acids is 1. The zero-order chi connectivity index (χ0) is 23.5. The van der Waals surface area contributed by atoms with Gasteiger partial charge in [-0.3, -0.25) is 15.1 Å². The lowest BCUT2D eigenvalue weighted by Crippen LogP contribution is -2.42. The first-order valence-electron chi connectivity index (χ1n) is 9.33. The molecule has 0 aliphatic carbocycles. The van der Waals surface area contributed by atoms with Crippen LogP contribution in [0.3, 0.4) is 0 Å². The fraction of sp³-hybridized carbons (Fsp3) is 0.238. The Morgan fingerprint density at radius 2 is 1.94 bits per heavy atom. The summed E-state index contributed by atoms with van der Waals surface area (Å²) in [6.45, 7) is 3.75. The van der Waals surface area contributed by atoms with E-state index < -0.39 is 17.7 Å². The second-order valence-electron chi connectivity index (χ2n) is 6.81. The van der Waals surface area contributed by atoms with Gasteiger partial charge in [0.1, 0.15) is 12.9 Å². The monoisotopic (exact) mass is 487 g/mol.